The first kappa shape index (κ1) is 13.6. The maximum absolute atomic E-state index is 12.1. The number of hydrogen-bond donors (Lipinski definition) is 1. The summed E-state index contributed by atoms with van der Waals surface area (Å²) < 4.78 is 4.98. The number of urea groups is 1. The van der Waals surface area contributed by atoms with Crippen molar-refractivity contribution < 1.29 is 19.1 Å². The van der Waals surface area contributed by atoms with Gasteiger partial charge in [0, 0.05) is 7.11 Å². The number of ether oxygens (including phenoxy) is 1. The van der Waals surface area contributed by atoms with Crippen LogP contribution in [0.2, 0.25) is 0 Å². The quantitative estimate of drug-likeness (QED) is 0.729. The summed E-state index contributed by atoms with van der Waals surface area (Å²) in [4.78, 5) is 36.5. The van der Waals surface area contributed by atoms with Gasteiger partial charge in [-0.25, -0.2) is 4.79 Å². The second kappa shape index (κ2) is 4.83. The van der Waals surface area contributed by atoms with Gasteiger partial charge in [-0.1, -0.05) is 6.92 Å². The van der Waals surface area contributed by atoms with Gasteiger partial charge in [-0.3, -0.25) is 19.8 Å². The van der Waals surface area contributed by atoms with E-state index in [-0.39, 0.29) is 12.6 Å². The molecule has 4 amide bonds. The Morgan fingerprint density at radius 3 is 2.41 bits per heavy atom. The van der Waals surface area contributed by atoms with E-state index < -0.39 is 23.3 Å². The lowest BCUT2D eigenvalue weighted by Crippen LogP contribution is -2.64. The van der Waals surface area contributed by atoms with Crippen molar-refractivity contribution in [3.63, 3.8) is 0 Å². The van der Waals surface area contributed by atoms with Crippen LogP contribution in [0.25, 0.3) is 0 Å². The van der Waals surface area contributed by atoms with Crippen molar-refractivity contribution in [3.05, 3.63) is 0 Å². The van der Waals surface area contributed by atoms with Crippen molar-refractivity contribution in [2.75, 3.05) is 13.7 Å². The third-order valence-corrected chi connectivity index (χ3v) is 2.96. The van der Waals surface area contributed by atoms with E-state index in [1.807, 2.05) is 6.92 Å². The molecule has 1 atom stereocenters. The largest absolute Gasteiger partial charge is 0.383 e. The number of hydrogen-bond acceptors (Lipinski definition) is 4. The Hall–Kier alpha value is -1.43. The Morgan fingerprint density at radius 2 is 1.94 bits per heavy atom. The molecule has 0 saturated carbocycles. The first-order chi connectivity index (χ1) is 7.86. The number of nitrogens with one attached hydrogen (secondary N) is 1. The van der Waals surface area contributed by atoms with Crippen LogP contribution in [0.4, 0.5) is 4.79 Å². The summed E-state index contributed by atoms with van der Waals surface area (Å²) in [5.74, 6) is -1.04. The van der Waals surface area contributed by atoms with Crippen molar-refractivity contribution in [1.82, 2.24) is 10.2 Å². The van der Waals surface area contributed by atoms with Gasteiger partial charge in [-0.2, -0.15) is 0 Å². The summed E-state index contributed by atoms with van der Waals surface area (Å²) in [6.45, 7) is 5.13. The lowest BCUT2D eigenvalue weighted by Gasteiger charge is -2.38. The predicted molar refractivity (Wildman–Crippen MR) is 60.1 cm³/mol. The SMILES string of the molecule is CCC(COC)N1C(=O)NC(=O)C(C)(C)C1=O. The Bertz CT molecular complexity index is 351. The number of rotatable bonds is 4. The maximum Gasteiger partial charge on any atom is 0.331 e. The molecule has 1 aliphatic heterocycles. The van der Waals surface area contributed by atoms with Crippen molar-refractivity contribution in [3.8, 4) is 0 Å². The highest BCUT2D eigenvalue weighted by Gasteiger charge is 2.48. The fraction of sp³-hybridized carbons (Fsp3) is 0.727. The van der Waals surface area contributed by atoms with E-state index >= 15 is 0 Å². The van der Waals surface area contributed by atoms with E-state index in [2.05, 4.69) is 5.32 Å². The van der Waals surface area contributed by atoms with Crippen LogP contribution in [0, 0.1) is 5.41 Å². The zero-order valence-corrected chi connectivity index (χ0v) is 10.6. The third kappa shape index (κ3) is 2.31. The molecule has 17 heavy (non-hydrogen) atoms. The van der Waals surface area contributed by atoms with Crippen LogP contribution in [0.15, 0.2) is 0 Å². The molecular formula is C11H18N2O4. The number of amides is 4. The maximum atomic E-state index is 12.1. The predicted octanol–water partition coefficient (Wildman–Crippen LogP) is 0.516. The van der Waals surface area contributed by atoms with Gasteiger partial charge in [0.15, 0.2) is 0 Å². The molecule has 96 valence electrons. The summed E-state index contributed by atoms with van der Waals surface area (Å²) in [5.41, 5.74) is -1.21. The molecule has 0 aromatic carbocycles. The van der Waals surface area contributed by atoms with E-state index in [1.165, 1.54) is 21.0 Å². The highest BCUT2D eigenvalue weighted by Crippen LogP contribution is 2.25. The second-order valence-electron chi connectivity index (χ2n) is 4.58. The zero-order valence-electron chi connectivity index (χ0n) is 10.6. The molecule has 1 saturated heterocycles. The van der Waals surface area contributed by atoms with Gasteiger partial charge < -0.3 is 4.74 Å². The van der Waals surface area contributed by atoms with Crippen molar-refractivity contribution in [1.29, 1.82) is 0 Å². The van der Waals surface area contributed by atoms with E-state index in [9.17, 15) is 14.4 Å². The highest BCUT2D eigenvalue weighted by atomic mass is 16.5. The Balaban J connectivity index is 3.01. The Kier molecular flexibility index (Phi) is 3.87. The van der Waals surface area contributed by atoms with E-state index in [4.69, 9.17) is 4.74 Å². The first-order valence-electron chi connectivity index (χ1n) is 5.54. The molecule has 0 aromatic rings. The van der Waals surface area contributed by atoms with Gasteiger partial charge >= 0.3 is 6.03 Å². The fourth-order valence-electron chi connectivity index (χ4n) is 1.70. The Labute approximate surface area is 100 Å². The van der Waals surface area contributed by atoms with Crippen LogP contribution < -0.4 is 5.32 Å². The molecule has 6 nitrogen and oxygen atoms in total. The molecule has 1 heterocycles. The number of barbiturate groups is 1. The molecule has 1 rings (SSSR count). The van der Waals surface area contributed by atoms with Gasteiger partial charge in [0.25, 0.3) is 0 Å². The van der Waals surface area contributed by atoms with Gasteiger partial charge in [-0.05, 0) is 20.3 Å². The molecule has 6 heteroatoms. The second-order valence-corrected chi connectivity index (χ2v) is 4.58. The van der Waals surface area contributed by atoms with Crippen molar-refractivity contribution in [2.24, 2.45) is 5.41 Å². The van der Waals surface area contributed by atoms with Crippen LogP contribution in [-0.4, -0.2) is 42.5 Å². The monoisotopic (exact) mass is 242 g/mol. The van der Waals surface area contributed by atoms with Gasteiger partial charge in [0.05, 0.1) is 12.6 Å². The van der Waals surface area contributed by atoms with E-state index in [0.29, 0.717) is 6.42 Å². The number of nitrogens with zero attached hydrogens (tertiary/aromatic N) is 1. The summed E-state index contributed by atoms with van der Waals surface area (Å²) in [6.07, 6.45) is 0.581. The van der Waals surface area contributed by atoms with Crippen LogP contribution >= 0.6 is 0 Å². The molecule has 1 fully saturated rings. The summed E-state index contributed by atoms with van der Waals surface area (Å²) >= 11 is 0. The lowest BCUT2D eigenvalue weighted by molar-refractivity contribution is -0.151. The number of carbonyl (C=O) groups excluding carboxylic acids is 3. The fourth-order valence-corrected chi connectivity index (χ4v) is 1.70. The van der Waals surface area contributed by atoms with Crippen LogP contribution in [0.5, 0.6) is 0 Å². The molecule has 1 N–H and O–H groups in total. The average molecular weight is 242 g/mol. The topological polar surface area (TPSA) is 75.7 Å². The first-order valence-corrected chi connectivity index (χ1v) is 5.54. The minimum Gasteiger partial charge on any atom is -0.383 e. The smallest absolute Gasteiger partial charge is 0.331 e. The molecule has 0 aliphatic carbocycles. The molecule has 1 aliphatic rings. The minimum atomic E-state index is -1.21. The summed E-state index contributed by atoms with van der Waals surface area (Å²) in [5, 5.41) is 2.19. The van der Waals surface area contributed by atoms with Gasteiger partial charge in [0.1, 0.15) is 5.41 Å². The lowest BCUT2D eigenvalue weighted by atomic mass is 9.88. The molecule has 1 unspecified atom stereocenters. The summed E-state index contributed by atoms with van der Waals surface area (Å²) in [6, 6.07) is -1.01. The van der Waals surface area contributed by atoms with E-state index in [0.717, 1.165) is 4.90 Å². The molecule has 0 aromatic heterocycles. The van der Waals surface area contributed by atoms with E-state index in [1.54, 1.807) is 0 Å². The number of imide groups is 2. The molecular weight excluding hydrogens is 224 g/mol. The number of methoxy groups -OCH3 is 1. The highest BCUT2D eigenvalue weighted by molar-refractivity contribution is 6.18. The van der Waals surface area contributed by atoms with Crippen LogP contribution in [0.1, 0.15) is 27.2 Å². The molecule has 0 spiro atoms. The van der Waals surface area contributed by atoms with Crippen molar-refractivity contribution >= 4 is 17.8 Å². The number of carbonyl (C=O) groups is 3. The van der Waals surface area contributed by atoms with Crippen LogP contribution in [0.3, 0.4) is 0 Å². The Morgan fingerprint density at radius 1 is 1.35 bits per heavy atom. The van der Waals surface area contributed by atoms with Crippen molar-refractivity contribution in [2.45, 2.75) is 33.2 Å². The molecule has 0 bridgehead atoms. The minimum absolute atomic E-state index is 0.264. The van der Waals surface area contributed by atoms with Gasteiger partial charge in [0.2, 0.25) is 11.8 Å². The standard InChI is InChI=1S/C11H18N2O4/c1-5-7(6-17-4)13-9(15)11(2,3)8(14)12-10(13)16/h7H,5-6H2,1-4H3,(H,12,14,16). The van der Waals surface area contributed by atoms with Gasteiger partial charge in [-0.15, -0.1) is 0 Å². The molecule has 0 radical (unpaired) electrons. The summed E-state index contributed by atoms with van der Waals surface area (Å²) in [7, 11) is 1.51. The average Bonchev–Trinajstić information content (AvgIpc) is 2.26. The zero-order chi connectivity index (χ0) is 13.2. The van der Waals surface area contributed by atoms with Crippen LogP contribution in [-0.2, 0) is 14.3 Å². The normalized spacial score (nSPS) is 21.4. The third-order valence-electron chi connectivity index (χ3n) is 2.96.